The Bertz CT molecular complexity index is 238. The van der Waals surface area contributed by atoms with E-state index in [1.807, 2.05) is 0 Å². The van der Waals surface area contributed by atoms with Crippen molar-refractivity contribution in [3.8, 4) is 0 Å². The molecule has 2 heterocycles. The van der Waals surface area contributed by atoms with Crippen LogP contribution < -0.4 is 10.6 Å². The molecule has 2 fully saturated rings. The Kier molecular flexibility index (Phi) is 4.18. The van der Waals surface area contributed by atoms with Crippen molar-refractivity contribution in [2.75, 3.05) is 26.7 Å². The van der Waals surface area contributed by atoms with Gasteiger partial charge in [-0.05, 0) is 39.3 Å². The summed E-state index contributed by atoms with van der Waals surface area (Å²) < 4.78 is 0. The topological polar surface area (TPSA) is 44.4 Å². The van der Waals surface area contributed by atoms with Crippen LogP contribution in [0.3, 0.4) is 0 Å². The maximum Gasteiger partial charge on any atom is 0.221 e. The van der Waals surface area contributed by atoms with E-state index in [0.29, 0.717) is 18.5 Å². The maximum atomic E-state index is 11.5. The maximum absolute atomic E-state index is 11.5. The number of rotatable bonds is 3. The molecule has 0 aromatic carbocycles. The molecule has 0 radical (unpaired) electrons. The average Bonchev–Trinajstić information content (AvgIpc) is 2.65. The van der Waals surface area contributed by atoms with E-state index in [1.54, 1.807) is 0 Å². The molecule has 4 heteroatoms. The first-order valence-electron chi connectivity index (χ1n) is 6.46. The first kappa shape index (κ1) is 11.9. The van der Waals surface area contributed by atoms with E-state index in [-0.39, 0.29) is 5.91 Å². The molecule has 2 unspecified atom stereocenters. The summed E-state index contributed by atoms with van der Waals surface area (Å²) in [4.78, 5) is 13.9. The van der Waals surface area contributed by atoms with Crippen LogP contribution in [0.5, 0.6) is 0 Å². The SMILES string of the molecule is CN(CC1CCCN1)C1CCCNC(=O)C1. The van der Waals surface area contributed by atoms with Crippen molar-refractivity contribution in [2.45, 2.75) is 44.2 Å². The number of amides is 1. The minimum absolute atomic E-state index is 0.216. The summed E-state index contributed by atoms with van der Waals surface area (Å²) in [6, 6.07) is 1.07. The lowest BCUT2D eigenvalue weighted by Crippen LogP contribution is -2.42. The Morgan fingerprint density at radius 2 is 2.12 bits per heavy atom. The van der Waals surface area contributed by atoms with Gasteiger partial charge in [-0.15, -0.1) is 0 Å². The van der Waals surface area contributed by atoms with Gasteiger partial charge in [0.2, 0.25) is 5.91 Å². The number of nitrogens with one attached hydrogen (secondary N) is 2. The van der Waals surface area contributed by atoms with Crippen molar-refractivity contribution < 1.29 is 4.79 Å². The van der Waals surface area contributed by atoms with Gasteiger partial charge in [0.25, 0.3) is 0 Å². The van der Waals surface area contributed by atoms with Gasteiger partial charge >= 0.3 is 0 Å². The molecule has 1 amide bonds. The van der Waals surface area contributed by atoms with Crippen molar-refractivity contribution in [1.29, 1.82) is 0 Å². The summed E-state index contributed by atoms with van der Waals surface area (Å²) in [5, 5.41) is 6.45. The first-order chi connectivity index (χ1) is 7.75. The van der Waals surface area contributed by atoms with Gasteiger partial charge in [0, 0.05) is 31.6 Å². The molecule has 2 saturated heterocycles. The molecular formula is C12H23N3O. The van der Waals surface area contributed by atoms with Crippen LogP contribution in [0.4, 0.5) is 0 Å². The van der Waals surface area contributed by atoms with Crippen LogP contribution in [0.15, 0.2) is 0 Å². The number of carbonyl (C=O) groups excluding carboxylic acids is 1. The van der Waals surface area contributed by atoms with Crippen molar-refractivity contribution >= 4 is 5.91 Å². The van der Waals surface area contributed by atoms with Crippen LogP contribution in [0.2, 0.25) is 0 Å². The van der Waals surface area contributed by atoms with Gasteiger partial charge in [-0.3, -0.25) is 4.79 Å². The average molecular weight is 225 g/mol. The second-order valence-corrected chi connectivity index (χ2v) is 5.08. The Morgan fingerprint density at radius 1 is 1.31 bits per heavy atom. The van der Waals surface area contributed by atoms with Crippen molar-refractivity contribution in [3.63, 3.8) is 0 Å². The summed E-state index contributed by atoms with van der Waals surface area (Å²) in [7, 11) is 2.16. The Hall–Kier alpha value is -0.610. The van der Waals surface area contributed by atoms with E-state index in [0.717, 1.165) is 32.5 Å². The van der Waals surface area contributed by atoms with Crippen LogP contribution in [0.25, 0.3) is 0 Å². The van der Waals surface area contributed by atoms with E-state index < -0.39 is 0 Å². The van der Waals surface area contributed by atoms with E-state index in [2.05, 4.69) is 22.6 Å². The molecular weight excluding hydrogens is 202 g/mol. The quantitative estimate of drug-likeness (QED) is 0.728. The van der Waals surface area contributed by atoms with Crippen molar-refractivity contribution in [3.05, 3.63) is 0 Å². The lowest BCUT2D eigenvalue weighted by atomic mass is 10.1. The largest absolute Gasteiger partial charge is 0.356 e. The summed E-state index contributed by atoms with van der Waals surface area (Å²) in [5.41, 5.74) is 0. The van der Waals surface area contributed by atoms with Crippen molar-refractivity contribution in [1.82, 2.24) is 15.5 Å². The summed E-state index contributed by atoms with van der Waals surface area (Å²) in [5.74, 6) is 0.216. The number of carbonyl (C=O) groups is 1. The number of hydrogen-bond donors (Lipinski definition) is 2. The fraction of sp³-hybridized carbons (Fsp3) is 0.917. The molecule has 92 valence electrons. The van der Waals surface area contributed by atoms with Crippen molar-refractivity contribution in [2.24, 2.45) is 0 Å². The van der Waals surface area contributed by atoms with Crippen LogP contribution >= 0.6 is 0 Å². The van der Waals surface area contributed by atoms with Gasteiger partial charge in [0.1, 0.15) is 0 Å². The Labute approximate surface area is 97.8 Å². The molecule has 0 aromatic rings. The van der Waals surface area contributed by atoms with E-state index in [4.69, 9.17) is 0 Å². The zero-order valence-corrected chi connectivity index (χ0v) is 10.2. The molecule has 2 aliphatic rings. The smallest absolute Gasteiger partial charge is 0.221 e. The zero-order chi connectivity index (χ0) is 11.4. The summed E-state index contributed by atoms with van der Waals surface area (Å²) in [6.07, 6.45) is 5.50. The fourth-order valence-electron chi connectivity index (χ4n) is 2.74. The first-order valence-corrected chi connectivity index (χ1v) is 6.46. The second-order valence-electron chi connectivity index (χ2n) is 5.08. The van der Waals surface area contributed by atoms with Gasteiger partial charge in [-0.2, -0.15) is 0 Å². The lowest BCUT2D eigenvalue weighted by Gasteiger charge is -2.28. The Morgan fingerprint density at radius 3 is 2.88 bits per heavy atom. The van der Waals surface area contributed by atoms with Crippen LogP contribution in [0, 0.1) is 0 Å². The molecule has 2 aliphatic heterocycles. The number of likely N-dealkylation sites (N-methyl/N-ethyl adjacent to an activating group) is 1. The molecule has 2 N–H and O–H groups in total. The monoisotopic (exact) mass is 225 g/mol. The van der Waals surface area contributed by atoms with Gasteiger partial charge < -0.3 is 15.5 Å². The summed E-state index contributed by atoms with van der Waals surface area (Å²) >= 11 is 0. The number of hydrogen-bond acceptors (Lipinski definition) is 3. The van der Waals surface area contributed by atoms with Crippen LogP contribution in [-0.4, -0.2) is 49.6 Å². The molecule has 0 bridgehead atoms. The van der Waals surface area contributed by atoms with Crippen LogP contribution in [-0.2, 0) is 4.79 Å². The highest BCUT2D eigenvalue weighted by Gasteiger charge is 2.24. The van der Waals surface area contributed by atoms with E-state index in [9.17, 15) is 4.79 Å². The number of nitrogens with zero attached hydrogens (tertiary/aromatic N) is 1. The summed E-state index contributed by atoms with van der Waals surface area (Å²) in [6.45, 7) is 3.09. The van der Waals surface area contributed by atoms with E-state index in [1.165, 1.54) is 12.8 Å². The van der Waals surface area contributed by atoms with Gasteiger partial charge in [-0.1, -0.05) is 0 Å². The molecule has 4 nitrogen and oxygen atoms in total. The van der Waals surface area contributed by atoms with E-state index >= 15 is 0 Å². The Balaban J connectivity index is 1.81. The highest BCUT2D eigenvalue weighted by molar-refractivity contribution is 5.76. The highest BCUT2D eigenvalue weighted by Crippen LogP contribution is 2.15. The van der Waals surface area contributed by atoms with Gasteiger partial charge in [0.15, 0.2) is 0 Å². The minimum Gasteiger partial charge on any atom is -0.356 e. The lowest BCUT2D eigenvalue weighted by molar-refractivity contribution is -0.121. The third kappa shape index (κ3) is 3.19. The predicted molar refractivity (Wildman–Crippen MR) is 64.3 cm³/mol. The molecule has 0 aromatic heterocycles. The molecule has 16 heavy (non-hydrogen) atoms. The van der Waals surface area contributed by atoms with Gasteiger partial charge in [0.05, 0.1) is 0 Å². The molecule has 0 spiro atoms. The second kappa shape index (κ2) is 5.64. The fourth-order valence-corrected chi connectivity index (χ4v) is 2.74. The molecule has 0 aliphatic carbocycles. The minimum atomic E-state index is 0.216. The predicted octanol–water partition coefficient (Wildman–Crippen LogP) is 0.339. The molecule has 2 rings (SSSR count). The third-order valence-electron chi connectivity index (χ3n) is 3.75. The van der Waals surface area contributed by atoms with Gasteiger partial charge in [-0.25, -0.2) is 0 Å². The third-order valence-corrected chi connectivity index (χ3v) is 3.75. The zero-order valence-electron chi connectivity index (χ0n) is 10.2. The normalized spacial score (nSPS) is 31.5. The molecule has 0 saturated carbocycles. The molecule has 2 atom stereocenters. The standard InChI is InChI=1S/C12H23N3O/c1-15(9-10-4-2-6-13-10)11-5-3-7-14-12(16)8-11/h10-11,13H,2-9H2,1H3,(H,14,16). The highest BCUT2D eigenvalue weighted by atomic mass is 16.1. The van der Waals surface area contributed by atoms with Crippen LogP contribution in [0.1, 0.15) is 32.1 Å².